The van der Waals surface area contributed by atoms with E-state index < -0.39 is 0 Å². The van der Waals surface area contributed by atoms with Crippen molar-refractivity contribution < 1.29 is 4.79 Å². The van der Waals surface area contributed by atoms with Crippen LogP contribution >= 0.6 is 0 Å². The zero-order valence-electron chi connectivity index (χ0n) is 11.8. The summed E-state index contributed by atoms with van der Waals surface area (Å²) in [4.78, 5) is 16.6. The third kappa shape index (κ3) is 3.69. The Morgan fingerprint density at radius 3 is 2.72 bits per heavy atom. The average Bonchev–Trinajstić information content (AvgIpc) is 2.39. The van der Waals surface area contributed by atoms with Crippen molar-refractivity contribution in [1.29, 1.82) is 0 Å². The van der Waals surface area contributed by atoms with Crippen LogP contribution < -0.4 is 5.32 Å². The predicted molar refractivity (Wildman–Crippen MR) is 73.5 cm³/mol. The molecule has 1 saturated heterocycles. The van der Waals surface area contributed by atoms with Crippen molar-refractivity contribution in [2.45, 2.75) is 51.1 Å². The number of nitrogens with one attached hydrogen (secondary N) is 1. The van der Waals surface area contributed by atoms with E-state index in [1.54, 1.807) is 0 Å². The molecule has 1 heterocycles. The fourth-order valence-corrected chi connectivity index (χ4v) is 3.13. The van der Waals surface area contributed by atoms with Crippen LogP contribution in [-0.4, -0.2) is 61.0 Å². The van der Waals surface area contributed by atoms with Gasteiger partial charge in [-0.05, 0) is 19.8 Å². The van der Waals surface area contributed by atoms with Crippen molar-refractivity contribution >= 4 is 5.91 Å². The summed E-state index contributed by atoms with van der Waals surface area (Å²) in [5.74, 6) is 0.302. The molecule has 1 saturated carbocycles. The first-order valence-corrected chi connectivity index (χ1v) is 7.38. The SMILES string of the molecule is C[C@@H]1CN(CC(=O)N(C)C2CCCCC2)CCN1. The Morgan fingerprint density at radius 1 is 1.33 bits per heavy atom. The summed E-state index contributed by atoms with van der Waals surface area (Å²) in [5.41, 5.74) is 0. The average molecular weight is 253 g/mol. The molecule has 2 rings (SSSR count). The van der Waals surface area contributed by atoms with Crippen LogP contribution in [0.3, 0.4) is 0 Å². The molecular weight excluding hydrogens is 226 g/mol. The predicted octanol–water partition coefficient (Wildman–Crippen LogP) is 1.07. The molecule has 104 valence electrons. The van der Waals surface area contributed by atoms with E-state index in [4.69, 9.17) is 0 Å². The van der Waals surface area contributed by atoms with Crippen LogP contribution in [0.25, 0.3) is 0 Å². The minimum absolute atomic E-state index is 0.302. The molecule has 0 aromatic rings. The first kappa shape index (κ1) is 13.8. The molecule has 0 aromatic heterocycles. The highest BCUT2D eigenvalue weighted by Gasteiger charge is 2.24. The van der Waals surface area contributed by atoms with Gasteiger partial charge in [0.25, 0.3) is 0 Å². The second-order valence-corrected chi connectivity index (χ2v) is 5.89. The number of amides is 1. The summed E-state index contributed by atoms with van der Waals surface area (Å²) in [6.45, 7) is 5.76. The number of likely N-dealkylation sites (N-methyl/N-ethyl adjacent to an activating group) is 1. The highest BCUT2D eigenvalue weighted by atomic mass is 16.2. The quantitative estimate of drug-likeness (QED) is 0.817. The highest BCUT2D eigenvalue weighted by molar-refractivity contribution is 5.78. The lowest BCUT2D eigenvalue weighted by Crippen LogP contribution is -2.53. The van der Waals surface area contributed by atoms with E-state index in [9.17, 15) is 4.79 Å². The van der Waals surface area contributed by atoms with Crippen molar-refractivity contribution in [3.05, 3.63) is 0 Å². The molecule has 1 amide bonds. The van der Waals surface area contributed by atoms with E-state index in [2.05, 4.69) is 17.1 Å². The van der Waals surface area contributed by atoms with Gasteiger partial charge in [0.05, 0.1) is 6.54 Å². The Labute approximate surface area is 111 Å². The minimum atomic E-state index is 0.302. The van der Waals surface area contributed by atoms with E-state index in [0.717, 1.165) is 19.6 Å². The molecule has 0 aromatic carbocycles. The Balaban J connectivity index is 1.79. The zero-order valence-corrected chi connectivity index (χ0v) is 11.8. The highest BCUT2D eigenvalue weighted by Crippen LogP contribution is 2.21. The number of hydrogen-bond acceptors (Lipinski definition) is 3. The van der Waals surface area contributed by atoms with Crippen LogP contribution in [0.1, 0.15) is 39.0 Å². The van der Waals surface area contributed by atoms with E-state index in [0.29, 0.717) is 24.5 Å². The van der Waals surface area contributed by atoms with Gasteiger partial charge in [-0.25, -0.2) is 0 Å². The fourth-order valence-electron chi connectivity index (χ4n) is 3.13. The zero-order chi connectivity index (χ0) is 13.0. The summed E-state index contributed by atoms with van der Waals surface area (Å²) in [7, 11) is 1.99. The maximum absolute atomic E-state index is 12.3. The normalized spacial score (nSPS) is 27.1. The van der Waals surface area contributed by atoms with E-state index in [-0.39, 0.29) is 0 Å². The van der Waals surface area contributed by atoms with Crippen LogP contribution in [0.2, 0.25) is 0 Å². The van der Waals surface area contributed by atoms with Crippen LogP contribution in [0.4, 0.5) is 0 Å². The first-order valence-electron chi connectivity index (χ1n) is 7.38. The molecule has 0 unspecified atom stereocenters. The molecule has 18 heavy (non-hydrogen) atoms. The molecule has 2 aliphatic rings. The van der Waals surface area contributed by atoms with Gasteiger partial charge in [-0.15, -0.1) is 0 Å². The standard InChI is InChI=1S/C14H27N3O/c1-12-10-17(9-8-15-12)11-14(18)16(2)13-6-4-3-5-7-13/h12-13,15H,3-11H2,1-2H3/t12-/m1/s1. The lowest BCUT2D eigenvalue weighted by molar-refractivity contribution is -0.134. The van der Waals surface area contributed by atoms with Crippen LogP contribution in [0.5, 0.6) is 0 Å². The second-order valence-electron chi connectivity index (χ2n) is 5.89. The molecule has 2 fully saturated rings. The van der Waals surface area contributed by atoms with Gasteiger partial charge in [0.2, 0.25) is 5.91 Å². The number of rotatable bonds is 3. The molecule has 1 atom stereocenters. The largest absolute Gasteiger partial charge is 0.342 e. The first-order chi connectivity index (χ1) is 8.66. The summed E-state index contributed by atoms with van der Waals surface area (Å²) >= 11 is 0. The minimum Gasteiger partial charge on any atom is -0.342 e. The van der Waals surface area contributed by atoms with Crippen LogP contribution in [0, 0.1) is 0 Å². The monoisotopic (exact) mass is 253 g/mol. The van der Waals surface area contributed by atoms with E-state index in [1.807, 2.05) is 11.9 Å². The topological polar surface area (TPSA) is 35.6 Å². The van der Waals surface area contributed by atoms with Crippen molar-refractivity contribution in [3.8, 4) is 0 Å². The maximum Gasteiger partial charge on any atom is 0.236 e. The molecule has 1 aliphatic heterocycles. The van der Waals surface area contributed by atoms with E-state index in [1.165, 1.54) is 32.1 Å². The van der Waals surface area contributed by atoms with Gasteiger partial charge >= 0.3 is 0 Å². The molecule has 1 aliphatic carbocycles. The maximum atomic E-state index is 12.3. The van der Waals surface area contributed by atoms with Gasteiger partial charge in [-0.3, -0.25) is 9.69 Å². The van der Waals surface area contributed by atoms with Gasteiger partial charge in [-0.1, -0.05) is 19.3 Å². The van der Waals surface area contributed by atoms with Crippen LogP contribution in [-0.2, 0) is 4.79 Å². The lowest BCUT2D eigenvalue weighted by Gasteiger charge is -2.35. The number of carbonyl (C=O) groups excluding carboxylic acids is 1. The van der Waals surface area contributed by atoms with Gasteiger partial charge in [0.15, 0.2) is 0 Å². The summed E-state index contributed by atoms with van der Waals surface area (Å²) in [6, 6.07) is 0.998. The third-order valence-corrected chi connectivity index (χ3v) is 4.33. The third-order valence-electron chi connectivity index (χ3n) is 4.33. The summed E-state index contributed by atoms with van der Waals surface area (Å²) in [6.07, 6.45) is 6.30. The molecular formula is C14H27N3O. The Morgan fingerprint density at radius 2 is 2.06 bits per heavy atom. The number of piperazine rings is 1. The van der Waals surface area contributed by atoms with Crippen LogP contribution in [0.15, 0.2) is 0 Å². The molecule has 0 radical (unpaired) electrons. The van der Waals surface area contributed by atoms with Gasteiger partial charge < -0.3 is 10.2 Å². The van der Waals surface area contributed by atoms with Crippen molar-refractivity contribution in [2.75, 3.05) is 33.2 Å². The molecule has 1 N–H and O–H groups in total. The smallest absolute Gasteiger partial charge is 0.236 e. The lowest BCUT2D eigenvalue weighted by atomic mass is 9.94. The number of nitrogens with zero attached hydrogens (tertiary/aromatic N) is 2. The molecule has 0 bridgehead atoms. The van der Waals surface area contributed by atoms with Gasteiger partial charge in [0, 0.05) is 38.8 Å². The molecule has 4 heteroatoms. The summed E-state index contributed by atoms with van der Waals surface area (Å²) in [5, 5.41) is 3.41. The number of carbonyl (C=O) groups is 1. The Hall–Kier alpha value is -0.610. The van der Waals surface area contributed by atoms with Crippen molar-refractivity contribution in [3.63, 3.8) is 0 Å². The fraction of sp³-hybridized carbons (Fsp3) is 0.929. The van der Waals surface area contributed by atoms with Crippen molar-refractivity contribution in [1.82, 2.24) is 15.1 Å². The van der Waals surface area contributed by atoms with Gasteiger partial charge in [0.1, 0.15) is 0 Å². The Bertz CT molecular complexity index is 276. The molecule has 4 nitrogen and oxygen atoms in total. The Kier molecular flexibility index (Phi) is 5.01. The number of hydrogen-bond donors (Lipinski definition) is 1. The van der Waals surface area contributed by atoms with E-state index >= 15 is 0 Å². The second kappa shape index (κ2) is 6.53. The summed E-state index contributed by atoms with van der Waals surface area (Å²) < 4.78 is 0. The molecule has 0 spiro atoms. The van der Waals surface area contributed by atoms with Gasteiger partial charge in [-0.2, -0.15) is 0 Å². The van der Waals surface area contributed by atoms with Crippen molar-refractivity contribution in [2.24, 2.45) is 0 Å².